The minimum atomic E-state index is -0.499. The largest absolute Gasteiger partial charge is 0.491 e. The van der Waals surface area contributed by atoms with Gasteiger partial charge in [-0.2, -0.15) is 0 Å². The first-order valence-electron chi connectivity index (χ1n) is 10.9. The Morgan fingerprint density at radius 2 is 1.83 bits per heavy atom. The van der Waals surface area contributed by atoms with Crippen molar-refractivity contribution in [3.05, 3.63) is 65.5 Å². The van der Waals surface area contributed by atoms with E-state index in [0.717, 1.165) is 49.6 Å². The first-order valence-corrected chi connectivity index (χ1v) is 10.9. The summed E-state index contributed by atoms with van der Waals surface area (Å²) in [7, 11) is 0. The van der Waals surface area contributed by atoms with Gasteiger partial charge in [-0.15, -0.1) is 0 Å². The number of benzene rings is 2. The van der Waals surface area contributed by atoms with Gasteiger partial charge in [-0.1, -0.05) is 37.3 Å². The molecule has 0 amide bonds. The number of rotatable bonds is 11. The molecule has 0 unspecified atom stereocenters. The highest BCUT2D eigenvalue weighted by atomic mass is 19.1. The predicted molar refractivity (Wildman–Crippen MR) is 118 cm³/mol. The van der Waals surface area contributed by atoms with Crippen LogP contribution in [0.3, 0.4) is 0 Å². The van der Waals surface area contributed by atoms with Gasteiger partial charge < -0.3 is 20.1 Å². The highest BCUT2D eigenvalue weighted by Crippen LogP contribution is 2.14. The number of aliphatic hydroxyl groups is 1. The van der Waals surface area contributed by atoms with Gasteiger partial charge in [0.1, 0.15) is 24.3 Å². The molecule has 6 heteroatoms. The number of nitrogens with zero attached hydrogens (tertiary/aromatic N) is 2. The van der Waals surface area contributed by atoms with Gasteiger partial charge in [-0.3, -0.25) is 4.90 Å². The van der Waals surface area contributed by atoms with Crippen LogP contribution in [0.5, 0.6) is 5.75 Å². The molecule has 30 heavy (non-hydrogen) atoms. The number of β-amino-alcohol motifs (C(OH)–C–C–N with tert-alkyl or cyclic N) is 1. The smallest absolute Gasteiger partial charge is 0.126 e. The van der Waals surface area contributed by atoms with Crippen LogP contribution in [0.1, 0.15) is 18.1 Å². The molecule has 0 radical (unpaired) electrons. The molecule has 1 fully saturated rings. The second-order valence-electron chi connectivity index (χ2n) is 7.87. The van der Waals surface area contributed by atoms with Gasteiger partial charge in [0.05, 0.1) is 0 Å². The van der Waals surface area contributed by atoms with Crippen molar-refractivity contribution in [1.82, 2.24) is 15.1 Å². The summed E-state index contributed by atoms with van der Waals surface area (Å²) in [6, 6.07) is 14.8. The Morgan fingerprint density at radius 1 is 1.07 bits per heavy atom. The molecule has 0 aliphatic carbocycles. The maximum Gasteiger partial charge on any atom is 0.126 e. The number of likely N-dealkylation sites (N-methyl/N-ethyl adjacent to an activating group) is 1. The van der Waals surface area contributed by atoms with Crippen LogP contribution in [0.2, 0.25) is 0 Å². The maximum atomic E-state index is 13.7. The molecule has 5 nitrogen and oxygen atoms in total. The van der Waals surface area contributed by atoms with E-state index < -0.39 is 6.10 Å². The van der Waals surface area contributed by atoms with Crippen molar-refractivity contribution in [1.29, 1.82) is 0 Å². The van der Waals surface area contributed by atoms with E-state index in [1.54, 1.807) is 6.07 Å². The second-order valence-corrected chi connectivity index (χ2v) is 7.87. The fourth-order valence-electron chi connectivity index (χ4n) is 3.73. The lowest BCUT2D eigenvalue weighted by Crippen LogP contribution is -2.49. The van der Waals surface area contributed by atoms with Crippen molar-refractivity contribution in [2.45, 2.75) is 26.0 Å². The number of ether oxygens (including phenoxy) is 1. The van der Waals surface area contributed by atoms with E-state index in [-0.39, 0.29) is 12.4 Å². The monoisotopic (exact) mass is 415 g/mol. The molecule has 1 aliphatic heterocycles. The average Bonchev–Trinajstić information content (AvgIpc) is 2.77. The summed E-state index contributed by atoms with van der Waals surface area (Å²) in [6.07, 6.45) is 0.155. The topological polar surface area (TPSA) is 48.0 Å². The summed E-state index contributed by atoms with van der Waals surface area (Å²) in [4.78, 5) is 4.73. The zero-order valence-electron chi connectivity index (χ0n) is 17.9. The molecule has 2 aromatic rings. The predicted octanol–water partition coefficient (Wildman–Crippen LogP) is 2.54. The van der Waals surface area contributed by atoms with Gasteiger partial charge in [0.15, 0.2) is 0 Å². The van der Waals surface area contributed by atoms with Gasteiger partial charge in [-0.25, -0.2) is 4.39 Å². The van der Waals surface area contributed by atoms with Crippen LogP contribution in [0.4, 0.5) is 4.39 Å². The third-order valence-electron chi connectivity index (χ3n) is 5.58. The van der Waals surface area contributed by atoms with Crippen LogP contribution >= 0.6 is 0 Å². The Kier molecular flexibility index (Phi) is 9.08. The fourth-order valence-corrected chi connectivity index (χ4v) is 3.73. The van der Waals surface area contributed by atoms with Gasteiger partial charge >= 0.3 is 0 Å². The Labute approximate surface area is 179 Å². The van der Waals surface area contributed by atoms with Crippen LogP contribution in [0.25, 0.3) is 0 Å². The van der Waals surface area contributed by atoms with Crippen molar-refractivity contribution in [3.8, 4) is 5.75 Å². The minimum absolute atomic E-state index is 0.152. The van der Waals surface area contributed by atoms with E-state index >= 15 is 0 Å². The molecule has 1 aliphatic rings. The van der Waals surface area contributed by atoms with Crippen molar-refractivity contribution in [2.24, 2.45) is 0 Å². The number of hydrogen-bond donors (Lipinski definition) is 2. The average molecular weight is 416 g/mol. The Bertz CT molecular complexity index is 766. The molecule has 0 spiro atoms. The molecular formula is C24H34FN3O2. The third kappa shape index (κ3) is 7.36. The van der Waals surface area contributed by atoms with Crippen LogP contribution in [-0.2, 0) is 13.0 Å². The van der Waals surface area contributed by atoms with Crippen LogP contribution in [0, 0.1) is 5.82 Å². The Morgan fingerprint density at radius 3 is 2.60 bits per heavy atom. The Hall–Kier alpha value is -1.99. The van der Waals surface area contributed by atoms with Crippen molar-refractivity contribution < 1.29 is 14.2 Å². The van der Waals surface area contributed by atoms with E-state index in [2.05, 4.69) is 22.0 Å². The first kappa shape index (κ1) is 22.7. The number of piperazine rings is 1. The molecule has 164 valence electrons. The normalized spacial score (nSPS) is 16.5. The van der Waals surface area contributed by atoms with Crippen molar-refractivity contribution >= 4 is 0 Å². The van der Waals surface area contributed by atoms with E-state index in [1.165, 1.54) is 6.07 Å². The molecule has 0 bridgehead atoms. The first-order chi connectivity index (χ1) is 14.6. The molecule has 0 saturated carbocycles. The van der Waals surface area contributed by atoms with E-state index in [4.69, 9.17) is 4.74 Å². The number of halogens is 1. The number of aliphatic hydroxyl groups excluding tert-OH is 1. The molecular weight excluding hydrogens is 381 g/mol. The minimum Gasteiger partial charge on any atom is -0.491 e. The molecule has 1 heterocycles. The lowest BCUT2D eigenvalue weighted by molar-refractivity contribution is 0.0471. The summed E-state index contributed by atoms with van der Waals surface area (Å²) >= 11 is 0. The van der Waals surface area contributed by atoms with Gasteiger partial charge in [-0.05, 0) is 48.8 Å². The van der Waals surface area contributed by atoms with Gasteiger partial charge in [0.25, 0.3) is 0 Å². The molecule has 2 aromatic carbocycles. The van der Waals surface area contributed by atoms with Crippen molar-refractivity contribution in [2.75, 3.05) is 52.4 Å². The zero-order valence-corrected chi connectivity index (χ0v) is 17.9. The summed E-state index contributed by atoms with van der Waals surface area (Å²) in [5.41, 5.74) is 1.83. The van der Waals surface area contributed by atoms with Crippen molar-refractivity contribution in [3.63, 3.8) is 0 Å². The summed E-state index contributed by atoms with van der Waals surface area (Å²) in [5.74, 6) is 0.610. The summed E-state index contributed by atoms with van der Waals surface area (Å²) in [6.45, 7) is 9.74. The maximum absolute atomic E-state index is 13.7. The molecule has 0 aromatic heterocycles. The van der Waals surface area contributed by atoms with E-state index in [9.17, 15) is 9.50 Å². The van der Waals surface area contributed by atoms with E-state index in [1.807, 2.05) is 36.4 Å². The third-order valence-corrected chi connectivity index (χ3v) is 5.58. The fraction of sp³-hybridized carbons (Fsp3) is 0.500. The Balaban J connectivity index is 1.36. The van der Waals surface area contributed by atoms with Crippen LogP contribution in [-0.4, -0.2) is 73.4 Å². The molecule has 1 saturated heterocycles. The highest BCUT2D eigenvalue weighted by Gasteiger charge is 2.18. The van der Waals surface area contributed by atoms with E-state index in [0.29, 0.717) is 26.1 Å². The molecule has 3 rings (SSSR count). The highest BCUT2D eigenvalue weighted by molar-refractivity contribution is 5.28. The van der Waals surface area contributed by atoms with Gasteiger partial charge in [0.2, 0.25) is 0 Å². The van der Waals surface area contributed by atoms with Crippen LogP contribution < -0.4 is 10.1 Å². The lowest BCUT2D eigenvalue weighted by Gasteiger charge is -2.34. The molecule has 1 atom stereocenters. The van der Waals surface area contributed by atoms with Crippen LogP contribution in [0.15, 0.2) is 48.5 Å². The summed E-state index contributed by atoms with van der Waals surface area (Å²) in [5, 5.41) is 13.7. The zero-order chi connectivity index (χ0) is 21.2. The lowest BCUT2D eigenvalue weighted by atomic mass is 10.1. The second kappa shape index (κ2) is 12.0. The SMILES string of the molecule is CCN1CCN(C[C@H](O)COc2cccc(CNCCc3ccccc3F)c2)CC1. The van der Waals surface area contributed by atoms with Gasteiger partial charge in [0, 0.05) is 39.3 Å². The number of nitrogens with one attached hydrogen (secondary N) is 1. The summed E-state index contributed by atoms with van der Waals surface area (Å²) < 4.78 is 19.5. The quantitative estimate of drug-likeness (QED) is 0.553. The molecule has 2 N–H and O–H groups in total. The standard InChI is InChI=1S/C24H34FN3O2/c1-2-27-12-14-28(15-13-27)18-22(29)19-30-23-8-5-6-20(16-23)17-26-11-10-21-7-3-4-9-24(21)25/h3-9,16,22,26,29H,2,10-15,17-19H2,1H3/t22-/m0/s1. The number of hydrogen-bond acceptors (Lipinski definition) is 5.